The number of hydrogen-bond donors (Lipinski definition) is 1. The molecule has 0 heterocycles. The Hall–Kier alpha value is -3.85. The second-order valence-electron chi connectivity index (χ2n) is 11.0. The summed E-state index contributed by atoms with van der Waals surface area (Å²) in [6, 6.07) is 28.3. The van der Waals surface area contributed by atoms with Gasteiger partial charge in [0.2, 0.25) is 11.8 Å². The van der Waals surface area contributed by atoms with Crippen LogP contribution in [0.25, 0.3) is 0 Å². The lowest BCUT2D eigenvalue weighted by molar-refractivity contribution is -0.140. The van der Waals surface area contributed by atoms with E-state index in [1.807, 2.05) is 75.4 Å². The molecule has 0 aliphatic heterocycles. The van der Waals surface area contributed by atoms with Crippen LogP contribution < -0.4 is 9.62 Å². The Morgan fingerprint density at radius 2 is 1.49 bits per heavy atom. The van der Waals surface area contributed by atoms with Gasteiger partial charge in [-0.25, -0.2) is 8.42 Å². The van der Waals surface area contributed by atoms with E-state index in [-0.39, 0.29) is 40.5 Å². The van der Waals surface area contributed by atoms with E-state index in [1.165, 1.54) is 35.2 Å². The summed E-state index contributed by atoms with van der Waals surface area (Å²) < 4.78 is 29.2. The van der Waals surface area contributed by atoms with Gasteiger partial charge in [-0.3, -0.25) is 13.9 Å². The molecule has 0 unspecified atom stereocenters. The predicted octanol–water partition coefficient (Wildman–Crippen LogP) is 7.05. The minimum Gasteiger partial charge on any atom is -0.352 e. The minimum atomic E-state index is -4.27. The maximum Gasteiger partial charge on any atom is 0.264 e. The molecule has 1 N–H and O–H groups in total. The van der Waals surface area contributed by atoms with E-state index in [4.69, 9.17) is 23.2 Å². The van der Waals surface area contributed by atoms with Gasteiger partial charge in [-0.1, -0.05) is 108 Å². The standard InChI is InChI=1S/C35H37Cl2N3O4S/c1-4-26(3)38-35(42)33(21-27-13-7-5-8-14-27)39(23-28-15-11-12-25(2)20-28)34(41)24-40(32-19-18-29(36)22-31(32)37)45(43,44)30-16-9-6-10-17-30/h5-20,22,26,33H,4,21,23-24H2,1-3H3,(H,38,42)/t26-,33+/m1/s1. The number of carbonyl (C=O) groups is 2. The van der Waals surface area contributed by atoms with Crippen molar-refractivity contribution in [2.24, 2.45) is 0 Å². The maximum absolute atomic E-state index is 14.5. The Morgan fingerprint density at radius 1 is 0.844 bits per heavy atom. The molecule has 0 saturated heterocycles. The lowest BCUT2D eigenvalue weighted by Gasteiger charge is -2.34. The summed E-state index contributed by atoms with van der Waals surface area (Å²) >= 11 is 12.7. The van der Waals surface area contributed by atoms with Crippen LogP contribution in [0.1, 0.15) is 37.0 Å². The van der Waals surface area contributed by atoms with Crippen LogP contribution in [-0.4, -0.2) is 43.8 Å². The topological polar surface area (TPSA) is 86.8 Å². The van der Waals surface area contributed by atoms with E-state index >= 15 is 0 Å². The first-order valence-electron chi connectivity index (χ1n) is 14.7. The lowest BCUT2D eigenvalue weighted by Crippen LogP contribution is -2.54. The Bertz CT molecular complexity index is 1720. The molecule has 0 fully saturated rings. The molecule has 2 atom stereocenters. The van der Waals surface area contributed by atoms with E-state index < -0.39 is 28.5 Å². The molecule has 0 saturated carbocycles. The molecule has 4 rings (SSSR count). The highest BCUT2D eigenvalue weighted by molar-refractivity contribution is 7.92. The van der Waals surface area contributed by atoms with Crippen molar-refractivity contribution in [3.05, 3.63) is 130 Å². The predicted molar refractivity (Wildman–Crippen MR) is 181 cm³/mol. The van der Waals surface area contributed by atoms with Crippen LogP contribution >= 0.6 is 23.2 Å². The zero-order valence-electron chi connectivity index (χ0n) is 25.5. The fraction of sp³-hybridized carbons (Fsp3) is 0.257. The number of halogens is 2. The Kier molecular flexibility index (Phi) is 11.7. The quantitative estimate of drug-likeness (QED) is 0.166. The smallest absolute Gasteiger partial charge is 0.264 e. The number of amides is 2. The van der Waals surface area contributed by atoms with Crippen LogP contribution in [0.3, 0.4) is 0 Å². The summed E-state index contributed by atoms with van der Waals surface area (Å²) in [4.78, 5) is 29.9. The molecule has 0 aliphatic rings. The molecule has 0 spiro atoms. The van der Waals surface area contributed by atoms with Crippen molar-refractivity contribution in [3.8, 4) is 0 Å². The van der Waals surface area contributed by atoms with Crippen LogP contribution in [0.15, 0.2) is 108 Å². The Morgan fingerprint density at radius 3 is 2.11 bits per heavy atom. The highest BCUT2D eigenvalue weighted by atomic mass is 35.5. The monoisotopic (exact) mass is 665 g/mol. The van der Waals surface area contributed by atoms with Crippen molar-refractivity contribution < 1.29 is 18.0 Å². The fourth-order valence-electron chi connectivity index (χ4n) is 4.92. The average Bonchev–Trinajstić information content (AvgIpc) is 3.02. The molecule has 0 aromatic heterocycles. The number of nitrogens with zero attached hydrogens (tertiary/aromatic N) is 2. The highest BCUT2D eigenvalue weighted by Gasteiger charge is 2.35. The summed E-state index contributed by atoms with van der Waals surface area (Å²) in [5.74, 6) is -0.890. The normalized spacial score (nSPS) is 12.6. The minimum absolute atomic E-state index is 0.00981. The van der Waals surface area contributed by atoms with Crippen LogP contribution in [0.5, 0.6) is 0 Å². The summed E-state index contributed by atoms with van der Waals surface area (Å²) in [6.45, 7) is 5.30. The number of aryl methyl sites for hydroxylation is 1. The average molecular weight is 667 g/mol. The molecule has 2 amide bonds. The van der Waals surface area contributed by atoms with Gasteiger partial charge >= 0.3 is 0 Å². The number of benzene rings is 4. The van der Waals surface area contributed by atoms with Gasteiger partial charge in [0.15, 0.2) is 0 Å². The van der Waals surface area contributed by atoms with Crippen LogP contribution in [0.4, 0.5) is 5.69 Å². The summed E-state index contributed by atoms with van der Waals surface area (Å²) in [5, 5.41) is 3.42. The molecule has 4 aromatic carbocycles. The third kappa shape index (κ3) is 8.87. The van der Waals surface area contributed by atoms with Crippen LogP contribution in [0.2, 0.25) is 10.0 Å². The second kappa shape index (κ2) is 15.4. The zero-order valence-corrected chi connectivity index (χ0v) is 27.8. The molecule has 0 bridgehead atoms. The number of rotatable bonds is 13. The van der Waals surface area contributed by atoms with Gasteiger partial charge in [0.05, 0.1) is 15.6 Å². The Labute approximate surface area is 275 Å². The van der Waals surface area contributed by atoms with Gasteiger partial charge in [0.1, 0.15) is 12.6 Å². The van der Waals surface area contributed by atoms with Gasteiger partial charge in [0, 0.05) is 24.0 Å². The van der Waals surface area contributed by atoms with Crippen molar-refractivity contribution in [3.63, 3.8) is 0 Å². The van der Waals surface area contributed by atoms with Crippen molar-refractivity contribution in [1.29, 1.82) is 0 Å². The van der Waals surface area contributed by atoms with E-state index in [0.29, 0.717) is 11.4 Å². The third-order valence-corrected chi connectivity index (χ3v) is 9.81. The lowest BCUT2D eigenvalue weighted by atomic mass is 10.0. The van der Waals surface area contributed by atoms with Crippen molar-refractivity contribution in [2.75, 3.05) is 10.8 Å². The number of nitrogens with one attached hydrogen (secondary N) is 1. The van der Waals surface area contributed by atoms with Gasteiger partial charge in [-0.15, -0.1) is 0 Å². The second-order valence-corrected chi connectivity index (χ2v) is 13.7. The van der Waals surface area contributed by atoms with E-state index in [1.54, 1.807) is 18.2 Å². The molecule has 7 nitrogen and oxygen atoms in total. The molecule has 4 aromatic rings. The van der Waals surface area contributed by atoms with Gasteiger partial charge < -0.3 is 10.2 Å². The number of anilines is 1. The molecule has 0 aliphatic carbocycles. The molecule has 236 valence electrons. The van der Waals surface area contributed by atoms with Crippen molar-refractivity contribution in [1.82, 2.24) is 10.2 Å². The first kappa shape index (κ1) is 34.0. The molecular weight excluding hydrogens is 629 g/mol. The highest BCUT2D eigenvalue weighted by Crippen LogP contribution is 2.33. The van der Waals surface area contributed by atoms with Crippen LogP contribution in [-0.2, 0) is 32.6 Å². The number of hydrogen-bond acceptors (Lipinski definition) is 4. The number of sulfonamides is 1. The van der Waals surface area contributed by atoms with Crippen molar-refractivity contribution in [2.45, 2.75) is 57.1 Å². The Balaban J connectivity index is 1.83. The summed E-state index contributed by atoms with van der Waals surface area (Å²) in [5.41, 5.74) is 2.75. The molecule has 45 heavy (non-hydrogen) atoms. The number of carbonyl (C=O) groups excluding carboxylic acids is 2. The third-order valence-electron chi connectivity index (χ3n) is 7.50. The molecule has 0 radical (unpaired) electrons. The van der Waals surface area contributed by atoms with E-state index in [9.17, 15) is 18.0 Å². The SMILES string of the molecule is CC[C@@H](C)NC(=O)[C@H](Cc1ccccc1)N(Cc1cccc(C)c1)C(=O)CN(c1ccc(Cl)cc1Cl)S(=O)(=O)c1ccccc1. The van der Waals surface area contributed by atoms with Crippen molar-refractivity contribution >= 4 is 50.7 Å². The summed E-state index contributed by atoms with van der Waals surface area (Å²) in [6.07, 6.45) is 0.932. The van der Waals surface area contributed by atoms with Gasteiger partial charge in [-0.05, 0) is 61.7 Å². The maximum atomic E-state index is 14.5. The first-order chi connectivity index (χ1) is 21.5. The first-order valence-corrected chi connectivity index (χ1v) is 16.9. The van der Waals surface area contributed by atoms with Gasteiger partial charge in [0.25, 0.3) is 10.0 Å². The van der Waals surface area contributed by atoms with Crippen LogP contribution in [0, 0.1) is 6.92 Å². The van der Waals surface area contributed by atoms with Gasteiger partial charge in [-0.2, -0.15) is 0 Å². The van der Waals surface area contributed by atoms with E-state index in [0.717, 1.165) is 21.0 Å². The molecule has 10 heteroatoms. The zero-order chi connectivity index (χ0) is 32.6. The van der Waals surface area contributed by atoms with E-state index in [2.05, 4.69) is 5.32 Å². The fourth-order valence-corrected chi connectivity index (χ4v) is 6.93. The molecular formula is C35H37Cl2N3O4S. The summed E-state index contributed by atoms with van der Waals surface area (Å²) in [7, 11) is -4.27. The largest absolute Gasteiger partial charge is 0.352 e.